The van der Waals surface area contributed by atoms with Crippen molar-refractivity contribution in [3.63, 3.8) is 0 Å². The molecule has 0 aromatic heterocycles. The standard InChI is InChI=1S/C17H22N2OS/c1-2-3-10-20-14-8-9-16(13(11-14)12-18)21-17-7-5-4-6-15(17)19/h4-9,11H,2-3,10,12,18-19H2,1H3. The summed E-state index contributed by atoms with van der Waals surface area (Å²) in [5, 5.41) is 0. The molecular formula is C17H22N2OS. The van der Waals surface area contributed by atoms with Gasteiger partial charge in [-0.2, -0.15) is 0 Å². The SMILES string of the molecule is CCCCOc1ccc(Sc2ccccc2N)c(CN)c1. The summed E-state index contributed by atoms with van der Waals surface area (Å²) >= 11 is 1.64. The molecule has 0 saturated carbocycles. The highest BCUT2D eigenvalue weighted by Gasteiger charge is 2.07. The van der Waals surface area contributed by atoms with Gasteiger partial charge in [0.2, 0.25) is 0 Å². The Morgan fingerprint density at radius 1 is 1.10 bits per heavy atom. The van der Waals surface area contributed by atoms with Crippen molar-refractivity contribution in [2.45, 2.75) is 36.1 Å². The van der Waals surface area contributed by atoms with Crippen LogP contribution in [0.15, 0.2) is 52.3 Å². The van der Waals surface area contributed by atoms with Crippen molar-refractivity contribution in [1.29, 1.82) is 0 Å². The van der Waals surface area contributed by atoms with Crippen LogP contribution in [0.2, 0.25) is 0 Å². The van der Waals surface area contributed by atoms with E-state index in [1.165, 1.54) is 0 Å². The van der Waals surface area contributed by atoms with E-state index < -0.39 is 0 Å². The van der Waals surface area contributed by atoms with Crippen LogP contribution in [0.5, 0.6) is 5.75 Å². The summed E-state index contributed by atoms with van der Waals surface area (Å²) in [7, 11) is 0. The van der Waals surface area contributed by atoms with E-state index in [4.69, 9.17) is 16.2 Å². The van der Waals surface area contributed by atoms with Gasteiger partial charge >= 0.3 is 0 Å². The second-order valence-corrected chi connectivity index (χ2v) is 5.90. The third-order valence-corrected chi connectivity index (χ3v) is 4.37. The number of para-hydroxylation sites is 1. The van der Waals surface area contributed by atoms with Gasteiger partial charge in [-0.15, -0.1) is 0 Å². The fourth-order valence-corrected chi connectivity index (χ4v) is 2.91. The number of hydrogen-bond donors (Lipinski definition) is 2. The molecule has 0 saturated heterocycles. The molecule has 0 spiro atoms. The van der Waals surface area contributed by atoms with Crippen LogP contribution in [0.1, 0.15) is 25.3 Å². The smallest absolute Gasteiger partial charge is 0.119 e. The molecule has 112 valence electrons. The number of ether oxygens (including phenoxy) is 1. The van der Waals surface area contributed by atoms with Gasteiger partial charge in [0.15, 0.2) is 0 Å². The Morgan fingerprint density at radius 2 is 1.90 bits per heavy atom. The van der Waals surface area contributed by atoms with Crippen LogP contribution in [0.25, 0.3) is 0 Å². The second-order valence-electron chi connectivity index (χ2n) is 4.82. The van der Waals surface area contributed by atoms with E-state index in [0.29, 0.717) is 6.54 Å². The third kappa shape index (κ3) is 4.41. The monoisotopic (exact) mass is 302 g/mol. The highest BCUT2D eigenvalue weighted by Crippen LogP contribution is 2.35. The molecule has 0 aliphatic heterocycles. The second kappa shape index (κ2) is 7.96. The van der Waals surface area contributed by atoms with Crippen LogP contribution in [0.4, 0.5) is 5.69 Å². The van der Waals surface area contributed by atoms with Crippen LogP contribution in [-0.2, 0) is 6.54 Å². The van der Waals surface area contributed by atoms with Crippen LogP contribution >= 0.6 is 11.8 Å². The Hall–Kier alpha value is -1.65. The lowest BCUT2D eigenvalue weighted by Gasteiger charge is -2.12. The van der Waals surface area contributed by atoms with Gasteiger partial charge in [-0.1, -0.05) is 37.2 Å². The number of rotatable bonds is 7. The largest absolute Gasteiger partial charge is 0.494 e. The highest BCUT2D eigenvalue weighted by atomic mass is 32.2. The Balaban J connectivity index is 2.14. The van der Waals surface area contributed by atoms with Crippen molar-refractivity contribution in [2.24, 2.45) is 5.73 Å². The van der Waals surface area contributed by atoms with E-state index in [9.17, 15) is 0 Å². The minimum absolute atomic E-state index is 0.486. The first kappa shape index (κ1) is 15.7. The van der Waals surface area contributed by atoms with E-state index >= 15 is 0 Å². The van der Waals surface area contributed by atoms with E-state index in [2.05, 4.69) is 13.0 Å². The molecule has 3 nitrogen and oxygen atoms in total. The number of benzene rings is 2. The summed E-state index contributed by atoms with van der Waals surface area (Å²) in [5.74, 6) is 0.884. The molecule has 2 rings (SSSR count). The minimum atomic E-state index is 0.486. The zero-order valence-corrected chi connectivity index (χ0v) is 13.2. The van der Waals surface area contributed by atoms with Crippen LogP contribution in [0.3, 0.4) is 0 Å². The van der Waals surface area contributed by atoms with E-state index in [0.717, 1.165) is 46.2 Å². The lowest BCUT2D eigenvalue weighted by molar-refractivity contribution is 0.309. The number of unbranched alkanes of at least 4 members (excludes halogenated alkanes) is 1. The molecule has 4 heteroatoms. The quantitative estimate of drug-likeness (QED) is 0.598. The summed E-state index contributed by atoms with van der Waals surface area (Å²) in [4.78, 5) is 2.17. The molecule has 4 N–H and O–H groups in total. The van der Waals surface area contributed by atoms with Crippen molar-refractivity contribution < 1.29 is 4.74 Å². The van der Waals surface area contributed by atoms with Gasteiger partial charge in [0.25, 0.3) is 0 Å². The number of nitrogen functional groups attached to an aromatic ring is 1. The van der Waals surface area contributed by atoms with E-state index in [-0.39, 0.29) is 0 Å². The molecule has 0 fully saturated rings. The van der Waals surface area contributed by atoms with Crippen molar-refractivity contribution in [3.8, 4) is 5.75 Å². The maximum Gasteiger partial charge on any atom is 0.119 e. The highest BCUT2D eigenvalue weighted by molar-refractivity contribution is 7.99. The molecule has 0 heterocycles. The molecule has 2 aromatic carbocycles. The van der Waals surface area contributed by atoms with Gasteiger partial charge in [0.05, 0.1) is 6.61 Å². The molecule has 0 aliphatic carbocycles. The summed E-state index contributed by atoms with van der Waals surface area (Å²) in [6, 6.07) is 13.9. The van der Waals surface area contributed by atoms with Gasteiger partial charge in [0, 0.05) is 22.0 Å². The number of hydrogen-bond acceptors (Lipinski definition) is 4. The Labute approximate surface area is 130 Å². The first-order chi connectivity index (χ1) is 10.2. The van der Waals surface area contributed by atoms with Gasteiger partial charge in [-0.05, 0) is 42.3 Å². The van der Waals surface area contributed by atoms with Crippen molar-refractivity contribution >= 4 is 17.4 Å². The van der Waals surface area contributed by atoms with Crippen molar-refractivity contribution in [3.05, 3.63) is 48.0 Å². The van der Waals surface area contributed by atoms with E-state index in [1.54, 1.807) is 11.8 Å². The normalized spacial score (nSPS) is 10.6. The fourth-order valence-electron chi connectivity index (χ4n) is 1.93. The molecule has 21 heavy (non-hydrogen) atoms. The maximum atomic E-state index is 5.99. The molecule has 0 radical (unpaired) electrons. The summed E-state index contributed by atoms with van der Waals surface area (Å²) in [5.41, 5.74) is 13.7. The number of nitrogens with two attached hydrogens (primary N) is 2. The van der Waals surface area contributed by atoms with Gasteiger partial charge in [-0.3, -0.25) is 0 Å². The van der Waals surface area contributed by atoms with E-state index in [1.807, 2.05) is 36.4 Å². The Kier molecular flexibility index (Phi) is 5.96. The fraction of sp³-hybridized carbons (Fsp3) is 0.294. The zero-order valence-electron chi connectivity index (χ0n) is 12.3. The Morgan fingerprint density at radius 3 is 2.62 bits per heavy atom. The average Bonchev–Trinajstić information content (AvgIpc) is 2.51. The molecule has 0 aliphatic rings. The molecule has 0 bridgehead atoms. The first-order valence-electron chi connectivity index (χ1n) is 7.22. The summed E-state index contributed by atoms with van der Waals surface area (Å²) < 4.78 is 5.73. The molecule has 0 atom stereocenters. The minimum Gasteiger partial charge on any atom is -0.494 e. The van der Waals surface area contributed by atoms with Gasteiger partial charge < -0.3 is 16.2 Å². The van der Waals surface area contributed by atoms with Gasteiger partial charge in [0.1, 0.15) is 5.75 Å². The predicted octanol–water partition coefficient (Wildman–Crippen LogP) is 4.06. The molecule has 0 amide bonds. The predicted molar refractivity (Wildman–Crippen MR) is 89.7 cm³/mol. The average molecular weight is 302 g/mol. The first-order valence-corrected chi connectivity index (χ1v) is 8.04. The van der Waals surface area contributed by atoms with Gasteiger partial charge in [-0.25, -0.2) is 0 Å². The zero-order chi connectivity index (χ0) is 15.1. The molecule has 2 aromatic rings. The summed E-state index contributed by atoms with van der Waals surface area (Å²) in [6.07, 6.45) is 2.19. The number of anilines is 1. The third-order valence-electron chi connectivity index (χ3n) is 3.16. The van der Waals surface area contributed by atoms with Crippen LogP contribution in [0, 0.1) is 0 Å². The van der Waals surface area contributed by atoms with Crippen LogP contribution in [-0.4, -0.2) is 6.61 Å². The van der Waals surface area contributed by atoms with Crippen LogP contribution < -0.4 is 16.2 Å². The molecule has 0 unspecified atom stereocenters. The lowest BCUT2D eigenvalue weighted by Crippen LogP contribution is -2.01. The van der Waals surface area contributed by atoms with Crippen molar-refractivity contribution in [2.75, 3.05) is 12.3 Å². The lowest BCUT2D eigenvalue weighted by atomic mass is 10.2. The maximum absolute atomic E-state index is 5.99. The summed E-state index contributed by atoms with van der Waals surface area (Å²) in [6.45, 7) is 3.39. The topological polar surface area (TPSA) is 61.3 Å². The Bertz CT molecular complexity index is 587. The van der Waals surface area contributed by atoms with Crippen molar-refractivity contribution in [1.82, 2.24) is 0 Å². The molecular weight excluding hydrogens is 280 g/mol.